The Morgan fingerprint density at radius 3 is 2.34 bits per heavy atom. The lowest BCUT2D eigenvalue weighted by Gasteiger charge is -2.40. The standard InChI is InChI=1S/C25H28N4O3/c30-24-23(18-19-6-8-22(9-7-19)32-21-4-2-1-3-5-21)26-25(27-24)29-12-10-20(11-13-29)28-14-16-31-17-15-28/h1-9,18,20H,10-17H2,(H,26,27,30)/b23-18-. The van der Waals surface area contributed by atoms with Gasteiger partial charge >= 0.3 is 0 Å². The van der Waals surface area contributed by atoms with Crippen molar-refractivity contribution in [3.8, 4) is 11.5 Å². The van der Waals surface area contributed by atoms with E-state index in [2.05, 4.69) is 20.1 Å². The molecule has 7 nitrogen and oxygen atoms in total. The first-order valence-electron chi connectivity index (χ1n) is 11.3. The Morgan fingerprint density at radius 2 is 1.62 bits per heavy atom. The van der Waals surface area contributed by atoms with Gasteiger partial charge in [-0.05, 0) is 48.7 Å². The smallest absolute Gasteiger partial charge is 0.276 e. The molecule has 2 saturated heterocycles. The van der Waals surface area contributed by atoms with Crippen molar-refractivity contribution in [3.63, 3.8) is 0 Å². The molecule has 2 aromatic rings. The number of piperidine rings is 1. The van der Waals surface area contributed by atoms with Crippen molar-refractivity contribution in [3.05, 3.63) is 65.9 Å². The minimum Gasteiger partial charge on any atom is -0.457 e. The molecule has 7 heteroatoms. The second kappa shape index (κ2) is 9.54. The lowest BCUT2D eigenvalue weighted by atomic mass is 10.0. The summed E-state index contributed by atoms with van der Waals surface area (Å²) in [5.74, 6) is 2.06. The number of benzene rings is 2. The molecule has 166 valence electrons. The van der Waals surface area contributed by atoms with Gasteiger partial charge in [-0.1, -0.05) is 30.3 Å². The number of hydrogen-bond donors (Lipinski definition) is 1. The predicted octanol–water partition coefficient (Wildman–Crippen LogP) is 3.10. The summed E-state index contributed by atoms with van der Waals surface area (Å²) in [4.78, 5) is 21.8. The molecule has 3 aliphatic heterocycles. The van der Waals surface area contributed by atoms with Crippen molar-refractivity contribution in [1.82, 2.24) is 15.1 Å². The maximum Gasteiger partial charge on any atom is 0.276 e. The molecule has 0 radical (unpaired) electrons. The number of nitrogens with zero attached hydrogens (tertiary/aromatic N) is 3. The monoisotopic (exact) mass is 432 g/mol. The molecule has 0 aromatic heterocycles. The van der Waals surface area contributed by atoms with Crippen LogP contribution in [-0.4, -0.2) is 67.1 Å². The van der Waals surface area contributed by atoms with Crippen LogP contribution in [0.25, 0.3) is 6.08 Å². The number of aliphatic imine (C=N–C) groups is 1. The second-order valence-electron chi connectivity index (χ2n) is 8.27. The SMILES string of the molecule is O=C1NC(N2CCC(N3CCOCC3)CC2)=N/C1=C\c1ccc(Oc2ccccc2)cc1. The summed E-state index contributed by atoms with van der Waals surface area (Å²) in [5, 5.41) is 2.94. The van der Waals surface area contributed by atoms with E-state index in [0.717, 1.165) is 69.3 Å². The van der Waals surface area contributed by atoms with Gasteiger partial charge in [-0.25, -0.2) is 4.99 Å². The number of carbonyl (C=O) groups is 1. The quantitative estimate of drug-likeness (QED) is 0.752. The highest BCUT2D eigenvalue weighted by molar-refractivity contribution is 6.13. The maximum absolute atomic E-state index is 12.5. The van der Waals surface area contributed by atoms with Crippen LogP contribution in [0.3, 0.4) is 0 Å². The summed E-state index contributed by atoms with van der Waals surface area (Å²) in [5.41, 5.74) is 1.35. The van der Waals surface area contributed by atoms with E-state index in [9.17, 15) is 4.79 Å². The van der Waals surface area contributed by atoms with E-state index in [1.54, 1.807) is 0 Å². The van der Waals surface area contributed by atoms with Gasteiger partial charge in [-0.3, -0.25) is 15.0 Å². The molecule has 1 N–H and O–H groups in total. The highest BCUT2D eigenvalue weighted by Crippen LogP contribution is 2.23. The Balaban J connectivity index is 1.20. The van der Waals surface area contributed by atoms with Crippen LogP contribution in [0.1, 0.15) is 18.4 Å². The van der Waals surface area contributed by atoms with Crippen molar-refractivity contribution < 1.29 is 14.3 Å². The average Bonchev–Trinajstić information content (AvgIpc) is 3.22. The summed E-state index contributed by atoms with van der Waals surface area (Å²) < 4.78 is 11.3. The van der Waals surface area contributed by atoms with Gasteiger partial charge in [0.1, 0.15) is 17.2 Å². The highest BCUT2D eigenvalue weighted by Gasteiger charge is 2.30. The molecule has 0 spiro atoms. The summed E-state index contributed by atoms with van der Waals surface area (Å²) in [6.07, 6.45) is 3.97. The van der Waals surface area contributed by atoms with Crippen molar-refractivity contribution in [2.24, 2.45) is 4.99 Å². The predicted molar refractivity (Wildman–Crippen MR) is 123 cm³/mol. The molecule has 0 atom stereocenters. The fraction of sp³-hybridized carbons (Fsp3) is 0.360. The molecular weight excluding hydrogens is 404 g/mol. The molecule has 2 aromatic carbocycles. The third kappa shape index (κ3) is 4.84. The molecule has 3 heterocycles. The zero-order chi connectivity index (χ0) is 21.8. The number of carbonyl (C=O) groups excluding carboxylic acids is 1. The van der Waals surface area contributed by atoms with Crippen LogP contribution < -0.4 is 10.1 Å². The molecule has 1 amide bonds. The number of ether oxygens (including phenoxy) is 2. The van der Waals surface area contributed by atoms with Crippen LogP contribution in [0.2, 0.25) is 0 Å². The van der Waals surface area contributed by atoms with Crippen LogP contribution in [0, 0.1) is 0 Å². The van der Waals surface area contributed by atoms with E-state index in [-0.39, 0.29) is 5.91 Å². The van der Waals surface area contributed by atoms with Gasteiger partial charge in [-0.2, -0.15) is 0 Å². The molecule has 0 unspecified atom stereocenters. The molecule has 5 rings (SSSR count). The fourth-order valence-electron chi connectivity index (χ4n) is 4.41. The molecule has 3 aliphatic rings. The Kier molecular flexibility index (Phi) is 6.18. The van der Waals surface area contributed by atoms with E-state index in [1.807, 2.05) is 60.7 Å². The third-order valence-electron chi connectivity index (χ3n) is 6.17. The Hall–Kier alpha value is -3.16. The van der Waals surface area contributed by atoms with Crippen LogP contribution >= 0.6 is 0 Å². The Labute approximate surface area is 188 Å². The third-order valence-corrected chi connectivity index (χ3v) is 6.17. The number of nitrogens with one attached hydrogen (secondary N) is 1. The lowest BCUT2D eigenvalue weighted by molar-refractivity contribution is -0.115. The van der Waals surface area contributed by atoms with E-state index < -0.39 is 0 Å². The first-order chi connectivity index (χ1) is 15.7. The highest BCUT2D eigenvalue weighted by atomic mass is 16.5. The largest absolute Gasteiger partial charge is 0.457 e. The average molecular weight is 433 g/mol. The molecule has 32 heavy (non-hydrogen) atoms. The topological polar surface area (TPSA) is 66.4 Å². The van der Waals surface area contributed by atoms with Gasteiger partial charge in [0, 0.05) is 32.2 Å². The van der Waals surface area contributed by atoms with Crippen LogP contribution in [0.15, 0.2) is 65.3 Å². The number of guanidine groups is 1. The van der Waals surface area contributed by atoms with Crippen molar-refractivity contribution in [2.45, 2.75) is 18.9 Å². The molecule has 2 fully saturated rings. The Morgan fingerprint density at radius 1 is 0.938 bits per heavy atom. The molecule has 0 aliphatic carbocycles. The number of morpholine rings is 1. The van der Waals surface area contributed by atoms with E-state index in [0.29, 0.717) is 17.7 Å². The molecule has 0 saturated carbocycles. The van der Waals surface area contributed by atoms with Crippen LogP contribution in [0.5, 0.6) is 11.5 Å². The zero-order valence-electron chi connectivity index (χ0n) is 18.1. The van der Waals surface area contributed by atoms with Crippen molar-refractivity contribution in [2.75, 3.05) is 39.4 Å². The molecular formula is C25H28N4O3. The van der Waals surface area contributed by atoms with Crippen molar-refractivity contribution >= 4 is 17.9 Å². The number of rotatable bonds is 4. The van der Waals surface area contributed by atoms with E-state index in [1.165, 1.54) is 0 Å². The van der Waals surface area contributed by atoms with Gasteiger partial charge < -0.3 is 14.4 Å². The minimum atomic E-state index is -0.153. The maximum atomic E-state index is 12.5. The summed E-state index contributed by atoms with van der Waals surface area (Å²) in [6.45, 7) is 5.50. The van der Waals surface area contributed by atoms with Gasteiger partial charge in [0.05, 0.1) is 13.2 Å². The summed E-state index contributed by atoms with van der Waals surface area (Å²) >= 11 is 0. The zero-order valence-corrected chi connectivity index (χ0v) is 18.1. The van der Waals surface area contributed by atoms with Crippen LogP contribution in [0.4, 0.5) is 0 Å². The van der Waals surface area contributed by atoms with Gasteiger partial charge in [0.25, 0.3) is 5.91 Å². The van der Waals surface area contributed by atoms with Gasteiger partial charge in [-0.15, -0.1) is 0 Å². The number of hydrogen-bond acceptors (Lipinski definition) is 6. The second-order valence-corrected chi connectivity index (χ2v) is 8.27. The summed E-state index contributed by atoms with van der Waals surface area (Å²) in [6, 6.07) is 17.9. The molecule has 0 bridgehead atoms. The van der Waals surface area contributed by atoms with Crippen LogP contribution in [-0.2, 0) is 9.53 Å². The first-order valence-corrected chi connectivity index (χ1v) is 11.3. The minimum absolute atomic E-state index is 0.153. The number of likely N-dealkylation sites (tertiary alicyclic amines) is 1. The van der Waals surface area contributed by atoms with E-state index >= 15 is 0 Å². The summed E-state index contributed by atoms with van der Waals surface area (Å²) in [7, 11) is 0. The number of amides is 1. The van der Waals surface area contributed by atoms with Crippen molar-refractivity contribution in [1.29, 1.82) is 0 Å². The normalized spacial score (nSPS) is 21.5. The number of para-hydroxylation sites is 1. The first kappa shape index (κ1) is 20.7. The lowest BCUT2D eigenvalue weighted by Crippen LogP contribution is -2.51. The fourth-order valence-corrected chi connectivity index (χ4v) is 4.41. The van der Waals surface area contributed by atoms with Gasteiger partial charge in [0.2, 0.25) is 5.96 Å². The van der Waals surface area contributed by atoms with E-state index in [4.69, 9.17) is 9.47 Å². The Bertz CT molecular complexity index is 990. The van der Waals surface area contributed by atoms with Gasteiger partial charge in [0.15, 0.2) is 0 Å².